The number of benzene rings is 1. The molecular weight excluding hydrogens is 240 g/mol. The number of carbonyl (C=O) groups is 1. The summed E-state index contributed by atoms with van der Waals surface area (Å²) in [5.41, 5.74) is 7.79. The summed E-state index contributed by atoms with van der Waals surface area (Å²) in [7, 11) is 0. The second kappa shape index (κ2) is 4.47. The van der Waals surface area contributed by atoms with Crippen molar-refractivity contribution >= 4 is 29.0 Å². The number of H-pyrrole nitrogens is 1. The number of hydrogen-bond acceptors (Lipinski definition) is 3. The molecule has 5 nitrogen and oxygen atoms in total. The second-order valence-corrected chi connectivity index (χ2v) is 3.93. The minimum atomic E-state index is -0.110. The van der Waals surface area contributed by atoms with E-state index in [2.05, 4.69) is 15.5 Å². The fourth-order valence-corrected chi connectivity index (χ4v) is 1.65. The van der Waals surface area contributed by atoms with Crippen LogP contribution >= 0.6 is 11.6 Å². The Hall–Kier alpha value is -2.01. The molecule has 0 aliphatic rings. The molecule has 1 heterocycles. The van der Waals surface area contributed by atoms with Crippen LogP contribution in [0.3, 0.4) is 0 Å². The first-order valence-corrected chi connectivity index (χ1v) is 5.33. The van der Waals surface area contributed by atoms with Crippen LogP contribution < -0.4 is 11.1 Å². The number of hydrogen-bond donors (Lipinski definition) is 3. The molecule has 2 aromatic rings. The van der Waals surface area contributed by atoms with Crippen molar-refractivity contribution in [3.8, 4) is 11.3 Å². The van der Waals surface area contributed by atoms with Gasteiger partial charge in [0.1, 0.15) is 5.02 Å². The van der Waals surface area contributed by atoms with E-state index >= 15 is 0 Å². The lowest BCUT2D eigenvalue weighted by Crippen LogP contribution is -2.05. The van der Waals surface area contributed by atoms with Crippen molar-refractivity contribution < 1.29 is 4.79 Å². The van der Waals surface area contributed by atoms with Crippen LogP contribution in [0.5, 0.6) is 0 Å². The van der Waals surface area contributed by atoms with Gasteiger partial charge in [-0.05, 0) is 12.1 Å². The molecule has 0 aliphatic carbocycles. The molecule has 0 saturated heterocycles. The van der Waals surface area contributed by atoms with Gasteiger partial charge in [-0.3, -0.25) is 9.89 Å². The van der Waals surface area contributed by atoms with Crippen molar-refractivity contribution in [3.05, 3.63) is 29.3 Å². The zero-order valence-electron chi connectivity index (χ0n) is 9.12. The zero-order valence-corrected chi connectivity index (χ0v) is 9.88. The molecule has 6 heteroatoms. The van der Waals surface area contributed by atoms with E-state index in [1.165, 1.54) is 6.92 Å². The molecule has 0 radical (unpaired) electrons. The van der Waals surface area contributed by atoms with Gasteiger partial charge in [-0.15, -0.1) is 0 Å². The smallest absolute Gasteiger partial charge is 0.221 e. The van der Waals surface area contributed by atoms with Gasteiger partial charge in [-0.1, -0.05) is 23.7 Å². The summed E-state index contributed by atoms with van der Waals surface area (Å²) in [5.74, 6) is 0.161. The minimum Gasteiger partial charge on any atom is -0.381 e. The van der Waals surface area contributed by atoms with E-state index in [1.807, 2.05) is 12.1 Å². The van der Waals surface area contributed by atoms with Crippen molar-refractivity contribution in [3.63, 3.8) is 0 Å². The lowest BCUT2D eigenvalue weighted by Gasteiger charge is -2.03. The number of nitrogens with one attached hydrogen (secondary N) is 2. The summed E-state index contributed by atoms with van der Waals surface area (Å²) in [4.78, 5) is 10.9. The molecule has 0 saturated carbocycles. The van der Waals surface area contributed by atoms with Gasteiger partial charge in [0.05, 0.1) is 5.69 Å². The number of nitrogens with two attached hydrogens (primary N) is 1. The molecule has 1 aromatic heterocycles. The number of nitrogens with zero attached hydrogens (tertiary/aromatic N) is 1. The van der Waals surface area contributed by atoms with E-state index in [0.29, 0.717) is 10.7 Å². The van der Waals surface area contributed by atoms with Gasteiger partial charge in [-0.25, -0.2) is 0 Å². The van der Waals surface area contributed by atoms with Crippen LogP contribution in [-0.4, -0.2) is 16.1 Å². The Morgan fingerprint density at radius 3 is 2.53 bits per heavy atom. The lowest BCUT2D eigenvalue weighted by molar-refractivity contribution is -0.114. The van der Waals surface area contributed by atoms with Crippen molar-refractivity contribution in [2.45, 2.75) is 6.92 Å². The van der Waals surface area contributed by atoms with E-state index in [0.717, 1.165) is 11.3 Å². The van der Waals surface area contributed by atoms with Gasteiger partial charge in [0, 0.05) is 18.2 Å². The molecular formula is C11H11ClN4O. The Balaban J connectivity index is 2.29. The van der Waals surface area contributed by atoms with E-state index in [-0.39, 0.29) is 11.7 Å². The van der Waals surface area contributed by atoms with E-state index in [1.54, 1.807) is 12.1 Å². The SMILES string of the molecule is CC(=O)Nc1ccc(-c2[nH]nc(N)c2Cl)cc1. The Kier molecular flexibility index (Phi) is 3.01. The Labute approximate surface area is 103 Å². The fraction of sp³-hybridized carbons (Fsp3) is 0.0909. The minimum absolute atomic E-state index is 0.110. The third-order valence-corrected chi connectivity index (χ3v) is 2.61. The fourth-order valence-electron chi connectivity index (χ4n) is 1.46. The molecule has 0 unspecified atom stereocenters. The van der Waals surface area contributed by atoms with Crippen molar-refractivity contribution in [1.29, 1.82) is 0 Å². The summed E-state index contributed by atoms with van der Waals surface area (Å²) in [5, 5.41) is 9.65. The Morgan fingerprint density at radius 2 is 2.06 bits per heavy atom. The van der Waals surface area contributed by atoms with Gasteiger partial charge in [0.15, 0.2) is 5.82 Å². The van der Waals surface area contributed by atoms with E-state index < -0.39 is 0 Å². The zero-order chi connectivity index (χ0) is 12.4. The van der Waals surface area contributed by atoms with Gasteiger partial charge in [0.2, 0.25) is 5.91 Å². The van der Waals surface area contributed by atoms with Crippen LogP contribution in [0.1, 0.15) is 6.92 Å². The molecule has 1 aromatic carbocycles. The average Bonchev–Trinajstić information content (AvgIpc) is 2.60. The summed E-state index contributed by atoms with van der Waals surface area (Å²) in [6.45, 7) is 1.46. The maximum atomic E-state index is 10.9. The van der Waals surface area contributed by atoms with E-state index in [4.69, 9.17) is 17.3 Å². The number of aromatic amines is 1. The van der Waals surface area contributed by atoms with Crippen LogP contribution in [0.4, 0.5) is 11.5 Å². The van der Waals surface area contributed by atoms with Crippen molar-refractivity contribution in [1.82, 2.24) is 10.2 Å². The molecule has 4 N–H and O–H groups in total. The molecule has 2 rings (SSSR count). The number of nitrogen functional groups attached to an aromatic ring is 1. The van der Waals surface area contributed by atoms with Crippen LogP contribution in [0.15, 0.2) is 24.3 Å². The lowest BCUT2D eigenvalue weighted by atomic mass is 10.1. The predicted octanol–water partition coefficient (Wildman–Crippen LogP) is 2.27. The number of amides is 1. The van der Waals surface area contributed by atoms with Gasteiger partial charge >= 0.3 is 0 Å². The summed E-state index contributed by atoms with van der Waals surface area (Å²) in [6.07, 6.45) is 0. The molecule has 0 aliphatic heterocycles. The van der Waals surface area contributed by atoms with Gasteiger partial charge in [-0.2, -0.15) is 5.10 Å². The number of rotatable bonds is 2. The predicted molar refractivity (Wildman–Crippen MR) is 67.7 cm³/mol. The number of halogens is 1. The van der Waals surface area contributed by atoms with Gasteiger partial charge < -0.3 is 11.1 Å². The van der Waals surface area contributed by atoms with Crippen molar-refractivity contribution in [2.75, 3.05) is 11.1 Å². The normalized spacial score (nSPS) is 10.2. The average molecular weight is 251 g/mol. The highest BCUT2D eigenvalue weighted by Crippen LogP contribution is 2.30. The third kappa shape index (κ3) is 2.39. The number of carbonyl (C=O) groups excluding carboxylic acids is 1. The summed E-state index contributed by atoms with van der Waals surface area (Å²) < 4.78 is 0. The molecule has 0 spiro atoms. The highest BCUT2D eigenvalue weighted by molar-refractivity contribution is 6.35. The van der Waals surface area contributed by atoms with Crippen LogP contribution in [0, 0.1) is 0 Å². The number of anilines is 2. The summed E-state index contributed by atoms with van der Waals surface area (Å²) in [6, 6.07) is 7.21. The van der Waals surface area contributed by atoms with E-state index in [9.17, 15) is 4.79 Å². The molecule has 88 valence electrons. The van der Waals surface area contributed by atoms with Crippen LogP contribution in [-0.2, 0) is 4.79 Å². The third-order valence-electron chi connectivity index (χ3n) is 2.23. The molecule has 0 fully saturated rings. The molecule has 1 amide bonds. The molecule has 0 atom stereocenters. The Bertz CT molecular complexity index is 547. The number of aromatic nitrogens is 2. The molecule has 17 heavy (non-hydrogen) atoms. The highest BCUT2D eigenvalue weighted by atomic mass is 35.5. The van der Waals surface area contributed by atoms with Crippen LogP contribution in [0.25, 0.3) is 11.3 Å². The standard InChI is InChI=1S/C11H11ClN4O/c1-6(17)14-8-4-2-7(3-5-8)10-9(12)11(13)16-15-10/h2-5H,1H3,(H,14,17)(H3,13,15,16). The molecule has 0 bridgehead atoms. The maximum Gasteiger partial charge on any atom is 0.221 e. The monoisotopic (exact) mass is 250 g/mol. The summed E-state index contributed by atoms with van der Waals surface area (Å²) >= 11 is 5.98. The largest absolute Gasteiger partial charge is 0.381 e. The maximum absolute atomic E-state index is 10.9. The van der Waals surface area contributed by atoms with Gasteiger partial charge in [0.25, 0.3) is 0 Å². The first kappa shape index (κ1) is 11.5. The first-order valence-electron chi connectivity index (χ1n) is 4.95. The highest BCUT2D eigenvalue weighted by Gasteiger charge is 2.09. The topological polar surface area (TPSA) is 83.8 Å². The Morgan fingerprint density at radius 1 is 1.41 bits per heavy atom. The quantitative estimate of drug-likeness (QED) is 0.764. The second-order valence-electron chi connectivity index (χ2n) is 3.56. The van der Waals surface area contributed by atoms with Crippen LogP contribution in [0.2, 0.25) is 5.02 Å². The van der Waals surface area contributed by atoms with Crippen molar-refractivity contribution in [2.24, 2.45) is 0 Å². The first-order chi connectivity index (χ1) is 8.08.